The molecule has 0 radical (unpaired) electrons. The molecular weight excluding hydrogens is 360 g/mol. The molecule has 0 aromatic rings. The minimum absolute atomic E-state index is 0.574. The van der Waals surface area contributed by atoms with Gasteiger partial charge in [0.2, 0.25) is 11.6 Å². The van der Waals surface area contributed by atoms with E-state index in [9.17, 15) is 10.5 Å². The molecule has 2 rings (SSSR count). The normalized spacial score (nSPS) is 25.9. The zero-order valence-electron chi connectivity index (χ0n) is 17.7. The van der Waals surface area contributed by atoms with Crippen LogP contribution in [0.1, 0.15) is 128 Å². The van der Waals surface area contributed by atoms with Crippen LogP contribution in [0.5, 0.6) is 0 Å². The fourth-order valence-corrected chi connectivity index (χ4v) is 4.48. The van der Waals surface area contributed by atoms with Crippen LogP contribution in [0, 0.1) is 0 Å². The lowest BCUT2D eigenvalue weighted by molar-refractivity contribution is -0.575. The SMILES string of the molecule is OOC1(OOC2(OO)CCCCCCCCCC2)CCCCCCCCCC1. The Hall–Kier alpha value is -0.240. The fraction of sp³-hybridized carbons (Fsp3) is 1.00. The molecule has 2 aliphatic rings. The van der Waals surface area contributed by atoms with E-state index in [1.807, 2.05) is 0 Å². The molecule has 2 saturated carbocycles. The summed E-state index contributed by atoms with van der Waals surface area (Å²) in [5, 5.41) is 19.4. The van der Waals surface area contributed by atoms with Crippen LogP contribution in [0.4, 0.5) is 0 Å². The minimum Gasteiger partial charge on any atom is -0.249 e. The molecule has 0 heterocycles. The highest BCUT2D eigenvalue weighted by Crippen LogP contribution is 2.35. The summed E-state index contributed by atoms with van der Waals surface area (Å²) < 4.78 is 0. The van der Waals surface area contributed by atoms with E-state index in [1.165, 1.54) is 51.4 Å². The van der Waals surface area contributed by atoms with Crippen molar-refractivity contribution in [3.63, 3.8) is 0 Å². The van der Waals surface area contributed by atoms with Crippen molar-refractivity contribution in [2.45, 2.75) is 140 Å². The summed E-state index contributed by atoms with van der Waals surface area (Å²) in [7, 11) is 0. The van der Waals surface area contributed by atoms with Crippen molar-refractivity contribution >= 4 is 0 Å². The lowest BCUT2D eigenvalue weighted by atomic mass is 10.0. The molecule has 6 heteroatoms. The predicted octanol–water partition coefficient (Wildman–Crippen LogP) is 7.14. The minimum atomic E-state index is -1.18. The van der Waals surface area contributed by atoms with E-state index in [0.29, 0.717) is 25.7 Å². The average molecular weight is 403 g/mol. The predicted molar refractivity (Wildman–Crippen MR) is 107 cm³/mol. The Bertz CT molecular complexity index is 329. The third-order valence-electron chi connectivity index (χ3n) is 6.41. The van der Waals surface area contributed by atoms with Gasteiger partial charge >= 0.3 is 0 Å². The first-order valence-electron chi connectivity index (χ1n) is 11.8. The molecule has 166 valence electrons. The van der Waals surface area contributed by atoms with Crippen molar-refractivity contribution in [3.8, 4) is 0 Å². The maximum Gasteiger partial charge on any atom is 0.233 e. The van der Waals surface area contributed by atoms with Crippen LogP contribution in [0.3, 0.4) is 0 Å². The molecule has 0 aromatic heterocycles. The van der Waals surface area contributed by atoms with E-state index in [-0.39, 0.29) is 0 Å². The molecular formula is C22H42O6. The summed E-state index contributed by atoms with van der Waals surface area (Å²) in [6.45, 7) is 0. The van der Waals surface area contributed by atoms with Gasteiger partial charge in [0.25, 0.3) is 0 Å². The zero-order chi connectivity index (χ0) is 20.0. The van der Waals surface area contributed by atoms with E-state index in [4.69, 9.17) is 19.6 Å². The molecule has 0 unspecified atom stereocenters. The Morgan fingerprint density at radius 1 is 0.357 bits per heavy atom. The summed E-state index contributed by atoms with van der Waals surface area (Å²) in [6.07, 6.45) is 20.2. The molecule has 0 aromatic carbocycles. The third kappa shape index (κ3) is 8.64. The Labute approximate surface area is 170 Å². The molecule has 2 N–H and O–H groups in total. The topological polar surface area (TPSA) is 77.4 Å². The van der Waals surface area contributed by atoms with Crippen LogP contribution in [-0.2, 0) is 19.6 Å². The van der Waals surface area contributed by atoms with Crippen LogP contribution < -0.4 is 0 Å². The Balaban J connectivity index is 1.99. The van der Waals surface area contributed by atoms with Gasteiger partial charge in [0.1, 0.15) is 0 Å². The Kier molecular flexibility index (Phi) is 11.9. The van der Waals surface area contributed by atoms with Gasteiger partial charge in [0, 0.05) is 25.7 Å². The number of rotatable bonds is 5. The molecule has 2 aliphatic carbocycles. The van der Waals surface area contributed by atoms with Gasteiger partial charge in [0.15, 0.2) is 0 Å². The quantitative estimate of drug-likeness (QED) is 0.289. The molecule has 0 spiro atoms. The van der Waals surface area contributed by atoms with Gasteiger partial charge in [-0.25, -0.2) is 20.3 Å². The molecule has 0 atom stereocenters. The van der Waals surface area contributed by atoms with Crippen LogP contribution in [0.25, 0.3) is 0 Å². The van der Waals surface area contributed by atoms with Gasteiger partial charge in [-0.3, -0.25) is 0 Å². The summed E-state index contributed by atoms with van der Waals surface area (Å²) in [5.41, 5.74) is 0. The van der Waals surface area contributed by atoms with Crippen molar-refractivity contribution in [1.29, 1.82) is 0 Å². The zero-order valence-corrected chi connectivity index (χ0v) is 17.7. The van der Waals surface area contributed by atoms with Gasteiger partial charge in [-0.2, -0.15) is 9.78 Å². The van der Waals surface area contributed by atoms with E-state index in [1.54, 1.807) is 0 Å². The molecule has 0 aliphatic heterocycles. The maximum absolute atomic E-state index is 9.69. The van der Waals surface area contributed by atoms with Crippen molar-refractivity contribution in [1.82, 2.24) is 0 Å². The van der Waals surface area contributed by atoms with E-state index < -0.39 is 11.6 Å². The second-order valence-corrected chi connectivity index (χ2v) is 8.83. The standard InChI is InChI=1S/C22H42O6/c23-25-21(17-13-9-5-1-2-6-10-14-18-21)27-28-22(26-24)19-15-11-7-3-4-8-12-16-20-22/h23-24H,1-20H2. The highest BCUT2D eigenvalue weighted by molar-refractivity contribution is 4.72. The smallest absolute Gasteiger partial charge is 0.233 e. The van der Waals surface area contributed by atoms with E-state index in [0.717, 1.165) is 51.4 Å². The van der Waals surface area contributed by atoms with Crippen molar-refractivity contribution in [2.24, 2.45) is 0 Å². The molecule has 0 amide bonds. The van der Waals surface area contributed by atoms with Crippen molar-refractivity contribution in [3.05, 3.63) is 0 Å². The molecule has 6 nitrogen and oxygen atoms in total. The highest BCUT2D eigenvalue weighted by Gasteiger charge is 2.40. The summed E-state index contributed by atoms with van der Waals surface area (Å²) in [4.78, 5) is 21.3. The van der Waals surface area contributed by atoms with Gasteiger partial charge in [-0.1, -0.05) is 77.0 Å². The van der Waals surface area contributed by atoms with Crippen LogP contribution >= 0.6 is 0 Å². The van der Waals surface area contributed by atoms with Crippen molar-refractivity contribution < 1.29 is 30.1 Å². The second kappa shape index (κ2) is 13.9. The first-order chi connectivity index (χ1) is 13.7. The molecule has 0 saturated heterocycles. The first kappa shape index (κ1) is 24.0. The fourth-order valence-electron chi connectivity index (χ4n) is 4.48. The van der Waals surface area contributed by atoms with Crippen LogP contribution in [0.15, 0.2) is 0 Å². The lowest BCUT2D eigenvalue weighted by Gasteiger charge is -2.35. The summed E-state index contributed by atoms with van der Waals surface area (Å²) in [5.74, 6) is -2.36. The average Bonchev–Trinajstić information content (AvgIpc) is 2.81. The van der Waals surface area contributed by atoms with Gasteiger partial charge in [-0.15, -0.1) is 0 Å². The van der Waals surface area contributed by atoms with Gasteiger partial charge in [0.05, 0.1) is 0 Å². The van der Waals surface area contributed by atoms with Crippen LogP contribution in [0.2, 0.25) is 0 Å². The number of hydrogen-bond acceptors (Lipinski definition) is 6. The van der Waals surface area contributed by atoms with Crippen LogP contribution in [-0.4, -0.2) is 22.1 Å². The van der Waals surface area contributed by atoms with Gasteiger partial charge < -0.3 is 0 Å². The maximum atomic E-state index is 9.69. The second-order valence-electron chi connectivity index (χ2n) is 8.83. The Morgan fingerprint density at radius 2 is 0.571 bits per heavy atom. The molecule has 2 fully saturated rings. The van der Waals surface area contributed by atoms with Crippen molar-refractivity contribution in [2.75, 3.05) is 0 Å². The monoisotopic (exact) mass is 402 g/mol. The molecule has 28 heavy (non-hydrogen) atoms. The summed E-state index contributed by atoms with van der Waals surface area (Å²) >= 11 is 0. The van der Waals surface area contributed by atoms with E-state index in [2.05, 4.69) is 0 Å². The third-order valence-corrected chi connectivity index (χ3v) is 6.41. The highest BCUT2D eigenvalue weighted by atomic mass is 17.3. The van der Waals surface area contributed by atoms with E-state index >= 15 is 0 Å². The Morgan fingerprint density at radius 3 is 0.786 bits per heavy atom. The molecule has 0 bridgehead atoms. The largest absolute Gasteiger partial charge is 0.249 e. The number of hydrogen-bond donors (Lipinski definition) is 2. The van der Waals surface area contributed by atoms with Gasteiger partial charge in [-0.05, 0) is 25.7 Å². The first-order valence-corrected chi connectivity index (χ1v) is 11.8. The summed E-state index contributed by atoms with van der Waals surface area (Å²) in [6, 6.07) is 0. The lowest BCUT2D eigenvalue weighted by Crippen LogP contribution is -2.42.